The molecule has 1 heterocycles. The van der Waals surface area contributed by atoms with Crippen LogP contribution < -0.4 is 5.73 Å². The summed E-state index contributed by atoms with van der Waals surface area (Å²) in [5, 5.41) is 0. The Kier molecular flexibility index (Phi) is 3.89. The van der Waals surface area contributed by atoms with Crippen molar-refractivity contribution in [2.75, 3.05) is 27.2 Å². The molecular formula is C10H21N3O. The highest BCUT2D eigenvalue weighted by Gasteiger charge is 2.25. The molecule has 1 amide bonds. The molecule has 0 bridgehead atoms. The van der Waals surface area contributed by atoms with Gasteiger partial charge in [0.15, 0.2) is 0 Å². The number of likely N-dealkylation sites (tertiary alicyclic amines) is 1. The predicted octanol–water partition coefficient (Wildman–Crippen LogP) is -0.114. The lowest BCUT2D eigenvalue weighted by molar-refractivity contribution is -0.123. The first-order valence-corrected chi connectivity index (χ1v) is 5.22. The standard InChI is InChI=1S/C10H21N3O/c1-8(10(11)14)13-6-4-9(5-7-13)12(2)3/h8-9H,4-7H2,1-3H3,(H2,11,14). The first-order valence-electron chi connectivity index (χ1n) is 5.22. The minimum absolute atomic E-state index is 0.113. The van der Waals surface area contributed by atoms with E-state index in [0.29, 0.717) is 6.04 Å². The van der Waals surface area contributed by atoms with Crippen LogP contribution in [0.2, 0.25) is 0 Å². The van der Waals surface area contributed by atoms with Gasteiger partial charge in [-0.25, -0.2) is 0 Å². The lowest BCUT2D eigenvalue weighted by Gasteiger charge is -2.37. The van der Waals surface area contributed by atoms with Gasteiger partial charge in [-0.3, -0.25) is 9.69 Å². The smallest absolute Gasteiger partial charge is 0.234 e. The molecular weight excluding hydrogens is 178 g/mol. The van der Waals surface area contributed by atoms with Crippen LogP contribution in [0, 0.1) is 0 Å². The third-order valence-corrected chi connectivity index (χ3v) is 3.19. The Morgan fingerprint density at radius 3 is 2.29 bits per heavy atom. The maximum Gasteiger partial charge on any atom is 0.234 e. The quantitative estimate of drug-likeness (QED) is 0.690. The molecule has 1 fully saturated rings. The van der Waals surface area contributed by atoms with Gasteiger partial charge in [0.05, 0.1) is 6.04 Å². The van der Waals surface area contributed by atoms with Crippen LogP contribution in [-0.4, -0.2) is 55.0 Å². The number of piperidine rings is 1. The van der Waals surface area contributed by atoms with Gasteiger partial charge >= 0.3 is 0 Å². The van der Waals surface area contributed by atoms with E-state index in [4.69, 9.17) is 5.73 Å². The number of hydrogen-bond donors (Lipinski definition) is 1. The van der Waals surface area contributed by atoms with Crippen molar-refractivity contribution < 1.29 is 4.79 Å². The summed E-state index contributed by atoms with van der Waals surface area (Å²) in [7, 11) is 4.22. The molecule has 0 aromatic heterocycles. The molecule has 1 rings (SSSR count). The molecule has 0 aromatic carbocycles. The van der Waals surface area contributed by atoms with E-state index in [1.165, 1.54) is 0 Å². The van der Waals surface area contributed by atoms with Crippen molar-refractivity contribution in [3.8, 4) is 0 Å². The number of carbonyl (C=O) groups excluding carboxylic acids is 1. The zero-order valence-corrected chi connectivity index (χ0v) is 9.36. The molecule has 4 heteroatoms. The molecule has 1 aliphatic rings. The van der Waals surface area contributed by atoms with Gasteiger partial charge in [0.25, 0.3) is 0 Å². The number of hydrogen-bond acceptors (Lipinski definition) is 3. The Morgan fingerprint density at radius 2 is 1.93 bits per heavy atom. The SMILES string of the molecule is CC(C(N)=O)N1CCC(N(C)C)CC1. The van der Waals surface area contributed by atoms with E-state index < -0.39 is 0 Å². The van der Waals surface area contributed by atoms with Crippen LogP contribution in [0.15, 0.2) is 0 Å². The monoisotopic (exact) mass is 199 g/mol. The van der Waals surface area contributed by atoms with Crippen LogP contribution in [0.1, 0.15) is 19.8 Å². The van der Waals surface area contributed by atoms with Gasteiger partial charge in [0.2, 0.25) is 5.91 Å². The average Bonchev–Trinajstić information content (AvgIpc) is 2.16. The number of rotatable bonds is 3. The van der Waals surface area contributed by atoms with Gasteiger partial charge in [-0.05, 0) is 33.9 Å². The molecule has 1 saturated heterocycles. The fourth-order valence-corrected chi connectivity index (χ4v) is 1.97. The van der Waals surface area contributed by atoms with Crippen molar-refractivity contribution in [2.45, 2.75) is 31.8 Å². The van der Waals surface area contributed by atoms with E-state index in [2.05, 4.69) is 23.9 Å². The van der Waals surface area contributed by atoms with Gasteiger partial charge in [-0.1, -0.05) is 0 Å². The van der Waals surface area contributed by atoms with Crippen molar-refractivity contribution in [2.24, 2.45) is 5.73 Å². The highest BCUT2D eigenvalue weighted by Crippen LogP contribution is 2.15. The third kappa shape index (κ3) is 2.69. The summed E-state index contributed by atoms with van der Waals surface area (Å²) < 4.78 is 0. The van der Waals surface area contributed by atoms with E-state index in [1.54, 1.807) is 0 Å². The molecule has 0 spiro atoms. The number of primary amides is 1. The normalized spacial score (nSPS) is 22.6. The summed E-state index contributed by atoms with van der Waals surface area (Å²) in [6, 6.07) is 0.546. The fraction of sp³-hybridized carbons (Fsp3) is 0.900. The molecule has 1 aliphatic heterocycles. The van der Waals surface area contributed by atoms with Crippen molar-refractivity contribution in [3.05, 3.63) is 0 Å². The van der Waals surface area contributed by atoms with Gasteiger partial charge in [0.1, 0.15) is 0 Å². The molecule has 1 atom stereocenters. The second kappa shape index (κ2) is 4.75. The average molecular weight is 199 g/mol. The topological polar surface area (TPSA) is 49.6 Å². The molecule has 14 heavy (non-hydrogen) atoms. The van der Waals surface area contributed by atoms with Crippen LogP contribution >= 0.6 is 0 Å². The van der Waals surface area contributed by atoms with Crippen molar-refractivity contribution in [1.29, 1.82) is 0 Å². The van der Waals surface area contributed by atoms with Gasteiger partial charge < -0.3 is 10.6 Å². The molecule has 0 aromatic rings. The lowest BCUT2D eigenvalue weighted by atomic mass is 10.0. The van der Waals surface area contributed by atoms with E-state index in [-0.39, 0.29) is 11.9 Å². The van der Waals surface area contributed by atoms with E-state index in [9.17, 15) is 4.79 Å². The summed E-state index contributed by atoms with van der Waals surface area (Å²) in [6.45, 7) is 3.85. The van der Waals surface area contributed by atoms with Gasteiger partial charge in [-0.15, -0.1) is 0 Å². The Balaban J connectivity index is 2.39. The minimum atomic E-state index is -0.215. The number of nitrogens with zero attached hydrogens (tertiary/aromatic N) is 2. The van der Waals surface area contributed by atoms with Crippen LogP contribution in [-0.2, 0) is 4.79 Å². The summed E-state index contributed by atoms with van der Waals surface area (Å²) in [4.78, 5) is 15.4. The first kappa shape index (κ1) is 11.5. The zero-order valence-electron chi connectivity index (χ0n) is 9.36. The molecule has 0 aliphatic carbocycles. The highest BCUT2D eigenvalue weighted by atomic mass is 16.1. The minimum Gasteiger partial charge on any atom is -0.368 e. The number of nitrogens with two attached hydrogens (primary N) is 1. The van der Waals surface area contributed by atoms with Crippen LogP contribution in [0.3, 0.4) is 0 Å². The summed E-state index contributed by atoms with van der Waals surface area (Å²) >= 11 is 0. The Labute approximate surface area is 86.0 Å². The third-order valence-electron chi connectivity index (χ3n) is 3.19. The number of amides is 1. The molecule has 4 nitrogen and oxygen atoms in total. The van der Waals surface area contributed by atoms with Crippen LogP contribution in [0.4, 0.5) is 0 Å². The highest BCUT2D eigenvalue weighted by molar-refractivity contribution is 5.79. The Hall–Kier alpha value is -0.610. The summed E-state index contributed by atoms with van der Waals surface area (Å²) in [6.07, 6.45) is 2.26. The van der Waals surface area contributed by atoms with Crippen molar-refractivity contribution in [3.63, 3.8) is 0 Å². The zero-order chi connectivity index (χ0) is 10.7. The summed E-state index contributed by atoms with van der Waals surface area (Å²) in [5.74, 6) is -0.215. The maximum atomic E-state index is 11.0. The Morgan fingerprint density at radius 1 is 1.43 bits per heavy atom. The predicted molar refractivity (Wildman–Crippen MR) is 56.9 cm³/mol. The van der Waals surface area contributed by atoms with Crippen molar-refractivity contribution in [1.82, 2.24) is 9.80 Å². The molecule has 1 unspecified atom stereocenters. The second-order valence-corrected chi connectivity index (χ2v) is 4.31. The molecule has 82 valence electrons. The first-order chi connectivity index (χ1) is 6.52. The molecule has 0 radical (unpaired) electrons. The van der Waals surface area contributed by atoms with E-state index >= 15 is 0 Å². The summed E-state index contributed by atoms with van der Waals surface area (Å²) in [5.41, 5.74) is 5.27. The lowest BCUT2D eigenvalue weighted by Crippen LogP contribution is -2.49. The second-order valence-electron chi connectivity index (χ2n) is 4.31. The van der Waals surface area contributed by atoms with Crippen LogP contribution in [0.5, 0.6) is 0 Å². The van der Waals surface area contributed by atoms with Crippen LogP contribution in [0.25, 0.3) is 0 Å². The van der Waals surface area contributed by atoms with Gasteiger partial charge in [-0.2, -0.15) is 0 Å². The van der Waals surface area contributed by atoms with Crippen molar-refractivity contribution >= 4 is 5.91 Å². The van der Waals surface area contributed by atoms with Gasteiger partial charge in [0, 0.05) is 19.1 Å². The largest absolute Gasteiger partial charge is 0.368 e. The molecule has 0 saturated carbocycles. The van der Waals surface area contributed by atoms with E-state index in [1.807, 2.05) is 6.92 Å². The number of carbonyl (C=O) groups is 1. The fourth-order valence-electron chi connectivity index (χ4n) is 1.97. The maximum absolute atomic E-state index is 11.0. The molecule has 2 N–H and O–H groups in total. The Bertz CT molecular complexity index is 198. The van der Waals surface area contributed by atoms with E-state index in [0.717, 1.165) is 25.9 Å².